The lowest BCUT2D eigenvalue weighted by Crippen LogP contribution is -2.50. The lowest BCUT2D eigenvalue weighted by atomic mass is 10.1. The molecule has 2 aromatic carbocycles. The second-order valence-corrected chi connectivity index (χ2v) is 7.67. The van der Waals surface area contributed by atoms with Crippen LogP contribution in [0.25, 0.3) is 0 Å². The summed E-state index contributed by atoms with van der Waals surface area (Å²) in [6, 6.07) is 16.7. The summed E-state index contributed by atoms with van der Waals surface area (Å²) in [4.78, 5) is 14.1. The van der Waals surface area contributed by atoms with E-state index in [0.717, 1.165) is 5.56 Å². The van der Waals surface area contributed by atoms with Crippen molar-refractivity contribution >= 4 is 11.8 Å². The van der Waals surface area contributed by atoms with Crippen molar-refractivity contribution < 1.29 is 19.4 Å². The summed E-state index contributed by atoms with van der Waals surface area (Å²) in [5.74, 6) is 0.676. The number of ether oxygens (including phenoxy) is 2. The topological polar surface area (TPSA) is 85.0 Å². The Morgan fingerprint density at radius 2 is 1.75 bits per heavy atom. The molecule has 6 heteroatoms. The zero-order valence-corrected chi connectivity index (χ0v) is 16.8. The first kappa shape index (κ1) is 21.6. The van der Waals surface area contributed by atoms with E-state index < -0.39 is 17.7 Å². The van der Waals surface area contributed by atoms with Crippen LogP contribution in [0.2, 0.25) is 0 Å². The number of benzene rings is 2. The van der Waals surface area contributed by atoms with Gasteiger partial charge in [-0.2, -0.15) is 0 Å². The molecule has 0 radical (unpaired) electrons. The smallest absolute Gasteiger partial charge is 0.410 e. The van der Waals surface area contributed by atoms with Crippen LogP contribution in [0, 0.1) is 0 Å². The van der Waals surface area contributed by atoms with Gasteiger partial charge in [0.2, 0.25) is 0 Å². The molecule has 0 saturated carbocycles. The number of hydrogen-bond acceptors (Lipinski definition) is 5. The van der Waals surface area contributed by atoms with Gasteiger partial charge in [-0.1, -0.05) is 30.3 Å². The third kappa shape index (κ3) is 7.12. The summed E-state index contributed by atoms with van der Waals surface area (Å²) in [7, 11) is 0. The van der Waals surface area contributed by atoms with Crippen molar-refractivity contribution in [3.05, 3.63) is 60.2 Å². The molecular weight excluding hydrogens is 356 g/mol. The second kappa shape index (κ2) is 9.99. The number of β-amino-alcohol motifs (C(OH)–C–C–N with tert-alkyl or cyclic N) is 1. The van der Waals surface area contributed by atoms with E-state index >= 15 is 0 Å². The Morgan fingerprint density at radius 1 is 1.11 bits per heavy atom. The monoisotopic (exact) mass is 386 g/mol. The summed E-state index contributed by atoms with van der Waals surface area (Å²) in [5.41, 5.74) is 6.92. The van der Waals surface area contributed by atoms with Crippen molar-refractivity contribution in [3.8, 4) is 5.75 Å². The molecule has 1 atom stereocenters. The normalized spacial score (nSPS) is 12.3. The SMILES string of the molecule is CC(C)(C)N(CC(O)COc1ccccc1)C(=O)OCCc1ccc(N)cc1. The molecule has 1 amide bonds. The number of carbonyl (C=O) groups is 1. The molecule has 0 aliphatic carbocycles. The molecule has 0 bridgehead atoms. The van der Waals surface area contributed by atoms with Crippen LogP contribution in [0.1, 0.15) is 26.3 Å². The highest BCUT2D eigenvalue weighted by Crippen LogP contribution is 2.17. The van der Waals surface area contributed by atoms with Gasteiger partial charge >= 0.3 is 6.09 Å². The maximum Gasteiger partial charge on any atom is 0.410 e. The van der Waals surface area contributed by atoms with Crippen LogP contribution >= 0.6 is 0 Å². The van der Waals surface area contributed by atoms with Crippen molar-refractivity contribution in [3.63, 3.8) is 0 Å². The van der Waals surface area contributed by atoms with Gasteiger partial charge in [-0.3, -0.25) is 0 Å². The summed E-state index contributed by atoms with van der Waals surface area (Å²) < 4.78 is 11.0. The van der Waals surface area contributed by atoms with Gasteiger partial charge in [0.05, 0.1) is 13.2 Å². The summed E-state index contributed by atoms with van der Waals surface area (Å²) >= 11 is 0. The third-order valence-corrected chi connectivity index (χ3v) is 4.21. The molecule has 0 heterocycles. The zero-order chi connectivity index (χ0) is 20.6. The van der Waals surface area contributed by atoms with Crippen molar-refractivity contribution in [2.24, 2.45) is 0 Å². The third-order valence-electron chi connectivity index (χ3n) is 4.21. The van der Waals surface area contributed by atoms with Gasteiger partial charge in [-0.05, 0) is 50.6 Å². The second-order valence-electron chi connectivity index (χ2n) is 7.67. The van der Waals surface area contributed by atoms with Crippen molar-refractivity contribution in [1.82, 2.24) is 4.90 Å². The van der Waals surface area contributed by atoms with E-state index in [1.807, 2.05) is 75.4 Å². The number of anilines is 1. The Bertz CT molecular complexity index is 726. The van der Waals surface area contributed by atoms with E-state index in [-0.39, 0.29) is 19.8 Å². The molecule has 0 aromatic heterocycles. The number of hydrogen-bond donors (Lipinski definition) is 2. The highest BCUT2D eigenvalue weighted by Gasteiger charge is 2.30. The number of aliphatic hydroxyl groups excluding tert-OH is 1. The van der Waals surface area contributed by atoms with Crippen LogP contribution in [0.4, 0.5) is 10.5 Å². The summed E-state index contributed by atoms with van der Waals surface area (Å²) in [6.45, 7) is 6.18. The molecule has 0 aliphatic heterocycles. The predicted octanol–water partition coefficient (Wildman–Crippen LogP) is 3.49. The molecule has 0 fully saturated rings. The van der Waals surface area contributed by atoms with Crippen molar-refractivity contribution in [2.75, 3.05) is 25.5 Å². The number of amides is 1. The number of rotatable bonds is 8. The van der Waals surface area contributed by atoms with E-state index in [1.54, 1.807) is 0 Å². The molecule has 0 saturated heterocycles. The average Bonchev–Trinajstić information content (AvgIpc) is 2.66. The molecule has 0 aliphatic rings. The number of nitrogens with zero attached hydrogens (tertiary/aromatic N) is 1. The van der Waals surface area contributed by atoms with Gasteiger partial charge in [-0.15, -0.1) is 0 Å². The molecular formula is C22H30N2O4. The van der Waals surface area contributed by atoms with Crippen LogP contribution < -0.4 is 10.5 Å². The molecule has 2 rings (SSSR count). The minimum Gasteiger partial charge on any atom is -0.491 e. The molecule has 6 nitrogen and oxygen atoms in total. The first-order valence-electron chi connectivity index (χ1n) is 9.40. The number of carbonyl (C=O) groups excluding carboxylic acids is 1. The summed E-state index contributed by atoms with van der Waals surface area (Å²) in [6.07, 6.45) is -0.685. The minimum absolute atomic E-state index is 0.0926. The highest BCUT2D eigenvalue weighted by atomic mass is 16.6. The van der Waals surface area contributed by atoms with E-state index in [4.69, 9.17) is 15.2 Å². The quantitative estimate of drug-likeness (QED) is 0.679. The fourth-order valence-corrected chi connectivity index (χ4v) is 2.61. The number of aliphatic hydroxyl groups is 1. The van der Waals surface area contributed by atoms with E-state index in [0.29, 0.717) is 17.9 Å². The molecule has 152 valence electrons. The predicted molar refractivity (Wildman–Crippen MR) is 110 cm³/mol. The van der Waals surface area contributed by atoms with Crippen LogP contribution in [-0.4, -0.2) is 47.5 Å². The fraction of sp³-hybridized carbons (Fsp3) is 0.409. The largest absolute Gasteiger partial charge is 0.491 e. The van der Waals surface area contributed by atoms with E-state index in [9.17, 15) is 9.90 Å². The average molecular weight is 386 g/mol. The molecule has 28 heavy (non-hydrogen) atoms. The number of nitrogens with two attached hydrogens (primary N) is 1. The van der Waals surface area contributed by atoms with Gasteiger partial charge in [0.15, 0.2) is 0 Å². The number of nitrogen functional groups attached to an aromatic ring is 1. The van der Waals surface area contributed by atoms with Gasteiger partial charge in [0, 0.05) is 17.6 Å². The molecule has 2 aromatic rings. The van der Waals surface area contributed by atoms with Crippen LogP contribution in [-0.2, 0) is 11.2 Å². The summed E-state index contributed by atoms with van der Waals surface area (Å²) in [5, 5.41) is 10.3. The molecule has 3 N–H and O–H groups in total. The Morgan fingerprint density at radius 3 is 2.36 bits per heavy atom. The molecule has 0 spiro atoms. The maximum atomic E-state index is 12.6. The van der Waals surface area contributed by atoms with Crippen LogP contribution in [0.15, 0.2) is 54.6 Å². The van der Waals surface area contributed by atoms with Crippen LogP contribution in [0.3, 0.4) is 0 Å². The van der Waals surface area contributed by atoms with Crippen molar-refractivity contribution in [2.45, 2.75) is 38.8 Å². The van der Waals surface area contributed by atoms with E-state index in [1.165, 1.54) is 4.90 Å². The zero-order valence-electron chi connectivity index (χ0n) is 16.8. The van der Waals surface area contributed by atoms with Gasteiger partial charge in [-0.25, -0.2) is 4.79 Å². The Labute approximate surface area is 166 Å². The van der Waals surface area contributed by atoms with Gasteiger partial charge < -0.3 is 25.2 Å². The fourth-order valence-electron chi connectivity index (χ4n) is 2.61. The Balaban J connectivity index is 1.85. The lowest BCUT2D eigenvalue weighted by molar-refractivity contribution is 0.0225. The molecule has 1 unspecified atom stereocenters. The van der Waals surface area contributed by atoms with Crippen molar-refractivity contribution in [1.29, 1.82) is 0 Å². The highest BCUT2D eigenvalue weighted by molar-refractivity contribution is 5.68. The van der Waals surface area contributed by atoms with E-state index in [2.05, 4.69) is 0 Å². The number of para-hydroxylation sites is 1. The van der Waals surface area contributed by atoms with Crippen LogP contribution in [0.5, 0.6) is 5.75 Å². The Hall–Kier alpha value is -2.73. The Kier molecular flexibility index (Phi) is 7.70. The first-order valence-corrected chi connectivity index (χ1v) is 9.40. The maximum absolute atomic E-state index is 12.6. The van der Waals surface area contributed by atoms with Gasteiger partial charge in [0.1, 0.15) is 18.5 Å². The standard InChI is InChI=1S/C22H30N2O4/c1-22(2,3)24(15-19(25)16-28-20-7-5-4-6-8-20)21(26)27-14-13-17-9-11-18(23)12-10-17/h4-12,19,25H,13-16,23H2,1-3H3. The lowest BCUT2D eigenvalue weighted by Gasteiger charge is -2.36. The minimum atomic E-state index is -0.830. The first-order chi connectivity index (χ1) is 13.3. The van der Waals surface area contributed by atoms with Gasteiger partial charge in [0.25, 0.3) is 0 Å².